The highest BCUT2D eigenvalue weighted by Gasteiger charge is 1.99. The fourth-order valence-corrected chi connectivity index (χ4v) is 1.08. The smallest absolute Gasteiger partial charge is 0.234 e. The minimum Gasteiger partial charge on any atom is -0.497 e. The SMILES string of the molecule is COc1ccc(CNC(=O)CC#N)cc1. The Morgan fingerprint density at radius 1 is 1.47 bits per heavy atom. The van der Waals surface area contributed by atoms with Crippen LogP contribution in [0.5, 0.6) is 5.75 Å². The summed E-state index contributed by atoms with van der Waals surface area (Å²) in [6.45, 7) is 0.435. The fraction of sp³-hybridized carbons (Fsp3) is 0.273. The first-order valence-electron chi connectivity index (χ1n) is 4.53. The highest BCUT2D eigenvalue weighted by molar-refractivity contribution is 5.77. The van der Waals surface area contributed by atoms with Gasteiger partial charge < -0.3 is 10.1 Å². The van der Waals surface area contributed by atoms with Crippen LogP contribution in [0.2, 0.25) is 0 Å². The first-order valence-corrected chi connectivity index (χ1v) is 4.53. The number of carbonyl (C=O) groups excluding carboxylic acids is 1. The van der Waals surface area contributed by atoms with Crippen molar-refractivity contribution in [1.29, 1.82) is 5.26 Å². The van der Waals surface area contributed by atoms with Crippen LogP contribution in [0.1, 0.15) is 12.0 Å². The molecular formula is C11H12N2O2. The number of benzene rings is 1. The molecule has 78 valence electrons. The van der Waals surface area contributed by atoms with E-state index in [1.165, 1.54) is 0 Å². The topological polar surface area (TPSA) is 62.1 Å². The van der Waals surface area contributed by atoms with Gasteiger partial charge in [-0.25, -0.2) is 0 Å². The predicted molar refractivity (Wildman–Crippen MR) is 55.1 cm³/mol. The zero-order valence-corrected chi connectivity index (χ0v) is 8.49. The van der Waals surface area contributed by atoms with E-state index < -0.39 is 0 Å². The number of hydrogen-bond acceptors (Lipinski definition) is 3. The Morgan fingerprint density at radius 3 is 2.67 bits per heavy atom. The lowest BCUT2D eigenvalue weighted by Crippen LogP contribution is -2.21. The third-order valence-electron chi connectivity index (χ3n) is 1.89. The number of nitriles is 1. The Balaban J connectivity index is 2.45. The van der Waals surface area contributed by atoms with Gasteiger partial charge in [0, 0.05) is 6.54 Å². The molecule has 0 unspecified atom stereocenters. The second-order valence-corrected chi connectivity index (χ2v) is 2.96. The maximum atomic E-state index is 11.0. The van der Waals surface area contributed by atoms with Crippen molar-refractivity contribution in [3.05, 3.63) is 29.8 Å². The molecule has 0 aromatic heterocycles. The van der Waals surface area contributed by atoms with Crippen molar-refractivity contribution in [3.8, 4) is 11.8 Å². The Hall–Kier alpha value is -2.02. The summed E-state index contributed by atoms with van der Waals surface area (Å²) in [6, 6.07) is 9.17. The van der Waals surface area contributed by atoms with E-state index in [0.717, 1.165) is 11.3 Å². The van der Waals surface area contributed by atoms with Crippen LogP contribution in [0, 0.1) is 11.3 Å². The van der Waals surface area contributed by atoms with Gasteiger partial charge in [-0.1, -0.05) is 12.1 Å². The van der Waals surface area contributed by atoms with Crippen molar-refractivity contribution in [2.75, 3.05) is 7.11 Å². The third kappa shape index (κ3) is 3.69. The van der Waals surface area contributed by atoms with Crippen LogP contribution in [-0.4, -0.2) is 13.0 Å². The quantitative estimate of drug-likeness (QED) is 0.802. The number of amides is 1. The number of nitrogens with one attached hydrogen (secondary N) is 1. The number of ether oxygens (including phenoxy) is 1. The summed E-state index contributed by atoms with van der Waals surface area (Å²) in [4.78, 5) is 11.0. The normalized spacial score (nSPS) is 9.07. The summed E-state index contributed by atoms with van der Waals surface area (Å²) < 4.78 is 5.00. The van der Waals surface area contributed by atoms with Gasteiger partial charge in [-0.3, -0.25) is 4.79 Å². The summed E-state index contributed by atoms with van der Waals surface area (Å²) in [5, 5.41) is 10.9. The summed E-state index contributed by atoms with van der Waals surface area (Å²) in [6.07, 6.45) is -0.101. The second kappa shape index (κ2) is 5.66. The van der Waals surface area contributed by atoms with Crippen LogP contribution in [0.15, 0.2) is 24.3 Å². The van der Waals surface area contributed by atoms with Gasteiger partial charge in [0.25, 0.3) is 0 Å². The lowest BCUT2D eigenvalue weighted by atomic mass is 10.2. The summed E-state index contributed by atoms with van der Waals surface area (Å²) in [7, 11) is 1.60. The zero-order valence-electron chi connectivity index (χ0n) is 8.49. The molecule has 15 heavy (non-hydrogen) atoms. The molecule has 0 atom stereocenters. The number of rotatable bonds is 4. The van der Waals surface area contributed by atoms with Crippen LogP contribution in [0.4, 0.5) is 0 Å². The monoisotopic (exact) mass is 204 g/mol. The fourth-order valence-electron chi connectivity index (χ4n) is 1.08. The highest BCUT2D eigenvalue weighted by Crippen LogP contribution is 2.10. The molecule has 0 heterocycles. The van der Waals surface area contributed by atoms with Crippen molar-refractivity contribution in [2.24, 2.45) is 0 Å². The molecule has 0 aliphatic heterocycles. The Bertz CT molecular complexity index is 365. The van der Waals surface area contributed by atoms with Crippen LogP contribution in [0.25, 0.3) is 0 Å². The average molecular weight is 204 g/mol. The Labute approximate surface area is 88.5 Å². The molecule has 0 fully saturated rings. The van der Waals surface area contributed by atoms with Gasteiger partial charge in [-0.2, -0.15) is 5.26 Å². The number of hydrogen-bond donors (Lipinski definition) is 1. The molecule has 0 aliphatic rings. The van der Waals surface area contributed by atoms with E-state index in [0.29, 0.717) is 6.54 Å². The van der Waals surface area contributed by atoms with E-state index in [1.807, 2.05) is 24.3 Å². The van der Waals surface area contributed by atoms with E-state index in [-0.39, 0.29) is 12.3 Å². The summed E-state index contributed by atoms with van der Waals surface area (Å²) >= 11 is 0. The molecule has 0 saturated carbocycles. The lowest BCUT2D eigenvalue weighted by Gasteiger charge is -2.04. The van der Waals surface area contributed by atoms with Gasteiger partial charge in [-0.05, 0) is 17.7 Å². The molecule has 0 bridgehead atoms. The summed E-state index contributed by atoms with van der Waals surface area (Å²) in [5.74, 6) is 0.524. The van der Waals surface area contributed by atoms with E-state index in [2.05, 4.69) is 5.32 Å². The van der Waals surface area contributed by atoms with E-state index in [9.17, 15) is 4.79 Å². The predicted octanol–water partition coefficient (Wildman–Crippen LogP) is 1.23. The van der Waals surface area contributed by atoms with E-state index >= 15 is 0 Å². The minimum absolute atomic E-state index is 0.101. The average Bonchev–Trinajstić information content (AvgIpc) is 2.27. The minimum atomic E-state index is -0.256. The van der Waals surface area contributed by atoms with E-state index in [4.69, 9.17) is 10.00 Å². The Morgan fingerprint density at radius 2 is 2.13 bits per heavy atom. The molecule has 0 saturated heterocycles. The van der Waals surface area contributed by atoms with Gasteiger partial charge in [0.1, 0.15) is 12.2 Å². The maximum absolute atomic E-state index is 11.0. The lowest BCUT2D eigenvalue weighted by molar-refractivity contribution is -0.120. The number of nitrogens with zero attached hydrogens (tertiary/aromatic N) is 1. The van der Waals surface area contributed by atoms with Crippen molar-refractivity contribution >= 4 is 5.91 Å². The molecule has 1 N–H and O–H groups in total. The first kappa shape index (κ1) is 11.1. The van der Waals surface area contributed by atoms with Crippen molar-refractivity contribution in [3.63, 3.8) is 0 Å². The maximum Gasteiger partial charge on any atom is 0.234 e. The van der Waals surface area contributed by atoms with Crippen LogP contribution < -0.4 is 10.1 Å². The number of carbonyl (C=O) groups is 1. The number of methoxy groups -OCH3 is 1. The summed E-state index contributed by atoms with van der Waals surface area (Å²) in [5.41, 5.74) is 0.974. The van der Waals surface area contributed by atoms with Gasteiger partial charge >= 0.3 is 0 Å². The highest BCUT2D eigenvalue weighted by atomic mass is 16.5. The standard InChI is InChI=1S/C11H12N2O2/c1-15-10-4-2-9(3-5-10)8-13-11(14)6-7-12/h2-5H,6,8H2,1H3,(H,13,14). The van der Waals surface area contributed by atoms with E-state index in [1.54, 1.807) is 13.2 Å². The molecule has 1 aromatic carbocycles. The van der Waals surface area contributed by atoms with Crippen molar-refractivity contribution in [2.45, 2.75) is 13.0 Å². The largest absolute Gasteiger partial charge is 0.497 e. The molecule has 1 amide bonds. The molecule has 0 spiro atoms. The molecule has 0 aliphatic carbocycles. The molecule has 1 aromatic rings. The first-order chi connectivity index (χ1) is 7.26. The second-order valence-electron chi connectivity index (χ2n) is 2.96. The van der Waals surface area contributed by atoms with Crippen LogP contribution in [0.3, 0.4) is 0 Å². The third-order valence-corrected chi connectivity index (χ3v) is 1.89. The van der Waals surface area contributed by atoms with Gasteiger partial charge in [0.2, 0.25) is 5.91 Å². The van der Waals surface area contributed by atoms with Gasteiger partial charge in [-0.15, -0.1) is 0 Å². The Kier molecular flexibility index (Phi) is 4.17. The van der Waals surface area contributed by atoms with Crippen LogP contribution in [-0.2, 0) is 11.3 Å². The molecule has 4 nitrogen and oxygen atoms in total. The molecule has 1 rings (SSSR count). The zero-order chi connectivity index (χ0) is 11.1. The van der Waals surface area contributed by atoms with Gasteiger partial charge in [0.05, 0.1) is 13.2 Å². The molecule has 4 heteroatoms. The van der Waals surface area contributed by atoms with Crippen LogP contribution >= 0.6 is 0 Å². The van der Waals surface area contributed by atoms with Crippen molar-refractivity contribution in [1.82, 2.24) is 5.32 Å². The van der Waals surface area contributed by atoms with Crippen molar-refractivity contribution < 1.29 is 9.53 Å². The molecule has 0 radical (unpaired) electrons. The molecular weight excluding hydrogens is 192 g/mol. The van der Waals surface area contributed by atoms with Gasteiger partial charge in [0.15, 0.2) is 0 Å².